The van der Waals surface area contributed by atoms with E-state index < -0.39 is 0 Å². The van der Waals surface area contributed by atoms with Gasteiger partial charge in [-0.2, -0.15) is 0 Å². The number of benzene rings is 1. The SMILES string of the molecule is OCc1cc(Br)cnc1-n1cnc2ccccc21. The first-order chi connectivity index (χ1) is 8.79. The fourth-order valence-electron chi connectivity index (χ4n) is 1.94. The van der Waals surface area contributed by atoms with Crippen molar-refractivity contribution < 1.29 is 5.11 Å². The first-order valence-corrected chi connectivity index (χ1v) is 6.26. The zero-order chi connectivity index (χ0) is 12.5. The van der Waals surface area contributed by atoms with Crippen molar-refractivity contribution >= 4 is 27.0 Å². The zero-order valence-electron chi connectivity index (χ0n) is 9.42. The van der Waals surface area contributed by atoms with Crippen molar-refractivity contribution in [3.8, 4) is 5.82 Å². The molecular formula is C13H10BrN3O. The molecule has 0 saturated carbocycles. The van der Waals surface area contributed by atoms with Crippen molar-refractivity contribution in [1.82, 2.24) is 14.5 Å². The lowest BCUT2D eigenvalue weighted by Gasteiger charge is -2.08. The Hall–Kier alpha value is -1.72. The normalized spacial score (nSPS) is 11.0. The number of pyridine rings is 1. The average molecular weight is 304 g/mol. The second kappa shape index (κ2) is 4.51. The van der Waals surface area contributed by atoms with Crippen LogP contribution in [0.5, 0.6) is 0 Å². The smallest absolute Gasteiger partial charge is 0.143 e. The third kappa shape index (κ3) is 1.81. The quantitative estimate of drug-likeness (QED) is 0.792. The minimum Gasteiger partial charge on any atom is -0.392 e. The summed E-state index contributed by atoms with van der Waals surface area (Å²) in [7, 11) is 0. The van der Waals surface area contributed by atoms with Gasteiger partial charge in [0.25, 0.3) is 0 Å². The molecule has 2 aromatic heterocycles. The maximum atomic E-state index is 9.42. The fourth-order valence-corrected chi connectivity index (χ4v) is 2.31. The van der Waals surface area contributed by atoms with Gasteiger partial charge in [0.2, 0.25) is 0 Å². The number of rotatable bonds is 2. The summed E-state index contributed by atoms with van der Waals surface area (Å²) in [6.07, 6.45) is 3.43. The molecule has 18 heavy (non-hydrogen) atoms. The molecule has 0 aliphatic heterocycles. The first kappa shape index (κ1) is 11.4. The number of fused-ring (bicyclic) bond motifs is 1. The van der Waals surface area contributed by atoms with E-state index in [0.29, 0.717) is 5.82 Å². The monoisotopic (exact) mass is 303 g/mol. The van der Waals surface area contributed by atoms with Crippen LogP contribution in [0.2, 0.25) is 0 Å². The van der Waals surface area contributed by atoms with E-state index in [9.17, 15) is 5.11 Å². The highest BCUT2D eigenvalue weighted by Gasteiger charge is 2.09. The highest BCUT2D eigenvalue weighted by atomic mass is 79.9. The molecule has 90 valence electrons. The second-order valence-corrected chi connectivity index (χ2v) is 4.81. The number of nitrogens with zero attached hydrogens (tertiary/aromatic N) is 3. The van der Waals surface area contributed by atoms with Gasteiger partial charge >= 0.3 is 0 Å². The molecule has 3 aromatic rings. The van der Waals surface area contributed by atoms with Crippen molar-refractivity contribution in [2.24, 2.45) is 0 Å². The van der Waals surface area contributed by atoms with Crippen molar-refractivity contribution in [3.63, 3.8) is 0 Å². The van der Waals surface area contributed by atoms with Crippen LogP contribution in [0.15, 0.2) is 47.3 Å². The standard InChI is InChI=1S/C13H10BrN3O/c14-10-5-9(7-18)13(15-6-10)17-8-16-11-3-1-2-4-12(11)17/h1-6,8,18H,7H2. The fraction of sp³-hybridized carbons (Fsp3) is 0.0769. The molecule has 0 unspecified atom stereocenters. The van der Waals surface area contributed by atoms with Crippen LogP contribution in [0, 0.1) is 0 Å². The Morgan fingerprint density at radius 1 is 1.22 bits per heavy atom. The van der Waals surface area contributed by atoms with E-state index in [1.165, 1.54) is 0 Å². The lowest BCUT2D eigenvalue weighted by Crippen LogP contribution is -2.01. The minimum absolute atomic E-state index is 0.0612. The highest BCUT2D eigenvalue weighted by Crippen LogP contribution is 2.21. The van der Waals surface area contributed by atoms with Crippen LogP contribution in [0.1, 0.15) is 5.56 Å². The van der Waals surface area contributed by atoms with Crippen LogP contribution in [-0.4, -0.2) is 19.6 Å². The average Bonchev–Trinajstić information content (AvgIpc) is 2.82. The Labute approximate surface area is 112 Å². The molecule has 3 rings (SSSR count). The van der Waals surface area contributed by atoms with Crippen molar-refractivity contribution in [2.45, 2.75) is 6.61 Å². The summed E-state index contributed by atoms with van der Waals surface area (Å²) < 4.78 is 2.73. The van der Waals surface area contributed by atoms with E-state index in [2.05, 4.69) is 25.9 Å². The van der Waals surface area contributed by atoms with Crippen LogP contribution in [0.4, 0.5) is 0 Å². The topological polar surface area (TPSA) is 50.9 Å². The molecule has 1 N–H and O–H groups in total. The van der Waals surface area contributed by atoms with E-state index in [-0.39, 0.29) is 6.61 Å². The van der Waals surface area contributed by atoms with Crippen LogP contribution in [0.25, 0.3) is 16.9 Å². The maximum absolute atomic E-state index is 9.42. The van der Waals surface area contributed by atoms with Gasteiger partial charge in [-0.05, 0) is 34.1 Å². The van der Waals surface area contributed by atoms with Gasteiger partial charge in [-0.1, -0.05) is 12.1 Å². The minimum atomic E-state index is -0.0612. The Morgan fingerprint density at radius 3 is 2.89 bits per heavy atom. The van der Waals surface area contributed by atoms with E-state index in [0.717, 1.165) is 21.1 Å². The Morgan fingerprint density at radius 2 is 2.06 bits per heavy atom. The molecule has 0 radical (unpaired) electrons. The highest BCUT2D eigenvalue weighted by molar-refractivity contribution is 9.10. The molecule has 2 heterocycles. The molecule has 0 aliphatic carbocycles. The predicted molar refractivity (Wildman–Crippen MR) is 72.5 cm³/mol. The Bertz CT molecular complexity index is 708. The van der Waals surface area contributed by atoms with Gasteiger partial charge in [0, 0.05) is 16.2 Å². The number of imidazole rings is 1. The maximum Gasteiger partial charge on any atom is 0.143 e. The van der Waals surface area contributed by atoms with Gasteiger partial charge in [0.1, 0.15) is 12.1 Å². The largest absolute Gasteiger partial charge is 0.392 e. The van der Waals surface area contributed by atoms with Crippen LogP contribution >= 0.6 is 15.9 Å². The lowest BCUT2D eigenvalue weighted by molar-refractivity contribution is 0.281. The molecule has 0 fully saturated rings. The molecule has 0 atom stereocenters. The summed E-state index contributed by atoms with van der Waals surface area (Å²) in [6.45, 7) is -0.0612. The Kier molecular flexibility index (Phi) is 2.85. The van der Waals surface area contributed by atoms with Gasteiger partial charge in [-0.3, -0.25) is 4.57 Å². The molecule has 0 saturated heterocycles. The molecule has 0 spiro atoms. The molecule has 0 bridgehead atoms. The number of halogens is 1. The van der Waals surface area contributed by atoms with Crippen molar-refractivity contribution in [3.05, 3.63) is 52.9 Å². The van der Waals surface area contributed by atoms with Crippen molar-refractivity contribution in [1.29, 1.82) is 0 Å². The van der Waals surface area contributed by atoms with E-state index in [1.807, 2.05) is 34.9 Å². The van der Waals surface area contributed by atoms with Gasteiger partial charge < -0.3 is 5.11 Å². The van der Waals surface area contributed by atoms with Gasteiger partial charge in [0.15, 0.2) is 0 Å². The zero-order valence-corrected chi connectivity index (χ0v) is 11.0. The molecule has 5 heteroatoms. The summed E-state index contributed by atoms with van der Waals surface area (Å²) >= 11 is 3.35. The van der Waals surface area contributed by atoms with Crippen molar-refractivity contribution in [2.75, 3.05) is 0 Å². The first-order valence-electron chi connectivity index (χ1n) is 5.47. The predicted octanol–water partition coefficient (Wildman–Crippen LogP) is 2.68. The van der Waals surface area contributed by atoms with E-state index in [4.69, 9.17) is 0 Å². The lowest BCUT2D eigenvalue weighted by atomic mass is 10.2. The number of aliphatic hydroxyl groups is 1. The Balaban J connectivity index is 2.26. The summed E-state index contributed by atoms with van der Waals surface area (Å²) in [5.74, 6) is 0.703. The second-order valence-electron chi connectivity index (χ2n) is 3.90. The number of para-hydroxylation sites is 2. The van der Waals surface area contributed by atoms with Gasteiger partial charge in [-0.25, -0.2) is 9.97 Å². The summed E-state index contributed by atoms with van der Waals surface area (Å²) in [4.78, 5) is 8.68. The molecule has 1 aromatic carbocycles. The van der Waals surface area contributed by atoms with Gasteiger partial charge in [0.05, 0.1) is 17.6 Å². The summed E-state index contributed by atoms with van der Waals surface area (Å²) in [6, 6.07) is 9.69. The van der Waals surface area contributed by atoms with Crippen LogP contribution in [-0.2, 0) is 6.61 Å². The number of hydrogen-bond donors (Lipinski definition) is 1. The molecule has 0 amide bonds. The summed E-state index contributed by atoms with van der Waals surface area (Å²) in [5, 5.41) is 9.42. The molecular weight excluding hydrogens is 294 g/mol. The third-order valence-corrected chi connectivity index (χ3v) is 3.20. The van der Waals surface area contributed by atoms with E-state index in [1.54, 1.807) is 12.5 Å². The summed E-state index contributed by atoms with van der Waals surface area (Å²) in [5.41, 5.74) is 2.64. The molecule has 0 aliphatic rings. The number of aliphatic hydroxyl groups excluding tert-OH is 1. The third-order valence-electron chi connectivity index (χ3n) is 2.76. The number of aromatic nitrogens is 3. The van der Waals surface area contributed by atoms with Gasteiger partial charge in [-0.15, -0.1) is 0 Å². The number of hydrogen-bond acceptors (Lipinski definition) is 3. The van der Waals surface area contributed by atoms with E-state index >= 15 is 0 Å². The molecule has 4 nitrogen and oxygen atoms in total. The van der Waals surface area contributed by atoms with Crippen LogP contribution < -0.4 is 0 Å². The van der Waals surface area contributed by atoms with Crippen LogP contribution in [0.3, 0.4) is 0 Å².